The molecule has 7 nitrogen and oxygen atoms in total. The van der Waals surface area contributed by atoms with Crippen LogP contribution in [0.5, 0.6) is 0 Å². The predicted molar refractivity (Wildman–Crippen MR) is 101 cm³/mol. The number of ketones is 1. The van der Waals surface area contributed by atoms with Gasteiger partial charge in [0.05, 0.1) is 6.54 Å². The van der Waals surface area contributed by atoms with Gasteiger partial charge in [0.25, 0.3) is 0 Å². The first-order valence-corrected chi connectivity index (χ1v) is 10.3. The van der Waals surface area contributed by atoms with Crippen molar-refractivity contribution >= 4 is 35.3 Å². The number of nitrogens with one attached hydrogen (secondary N) is 3. The Bertz CT molecular complexity index is 565. The maximum Gasteiger partial charge on any atom is 0.242 e. The molecule has 0 spiro atoms. The lowest BCUT2D eigenvalue weighted by Gasteiger charge is -2.18. The fraction of sp³-hybridized carbons (Fsp3) is 0.667. The van der Waals surface area contributed by atoms with E-state index in [-0.39, 0.29) is 42.4 Å². The van der Waals surface area contributed by atoms with Crippen molar-refractivity contribution in [3.63, 3.8) is 0 Å². The molecule has 2 unspecified atom stereocenters. The molecule has 2 aliphatic rings. The minimum Gasteiger partial charge on any atom is -0.354 e. The Kier molecular flexibility index (Phi) is 8.67. The monoisotopic (exact) mass is 381 g/mol. The number of fused-ring (bicyclic) bond motifs is 7. The number of rotatable bonds is 0. The summed E-state index contributed by atoms with van der Waals surface area (Å²) in [5.74, 6) is 0.708. The second-order valence-electron chi connectivity index (χ2n) is 6.62. The highest BCUT2D eigenvalue weighted by atomic mass is 32.2. The van der Waals surface area contributed by atoms with Gasteiger partial charge in [-0.1, -0.05) is 12.2 Å². The average molecular weight is 381 g/mol. The van der Waals surface area contributed by atoms with Gasteiger partial charge in [0, 0.05) is 25.8 Å². The summed E-state index contributed by atoms with van der Waals surface area (Å²) in [4.78, 5) is 48.8. The van der Waals surface area contributed by atoms with Crippen LogP contribution in [0, 0.1) is 5.92 Å². The molecule has 0 saturated carbocycles. The first-order chi connectivity index (χ1) is 12.5. The molecule has 3 N–H and O–H groups in total. The molecule has 2 heterocycles. The third kappa shape index (κ3) is 7.59. The number of allylic oxidation sites excluding steroid dienone is 2. The van der Waals surface area contributed by atoms with E-state index in [1.54, 1.807) is 11.8 Å². The molecule has 0 aromatic carbocycles. The third-order valence-electron chi connectivity index (χ3n) is 4.35. The van der Waals surface area contributed by atoms with E-state index in [0.717, 1.165) is 17.9 Å². The molecule has 8 heteroatoms. The van der Waals surface area contributed by atoms with Crippen LogP contribution in [-0.4, -0.2) is 54.1 Å². The summed E-state index contributed by atoms with van der Waals surface area (Å²) in [7, 11) is 0. The molecule has 0 aromatic rings. The van der Waals surface area contributed by atoms with Gasteiger partial charge in [-0.05, 0) is 36.7 Å². The topological polar surface area (TPSA) is 104 Å². The van der Waals surface area contributed by atoms with Gasteiger partial charge in [-0.3, -0.25) is 19.2 Å². The van der Waals surface area contributed by atoms with Gasteiger partial charge < -0.3 is 16.0 Å². The Morgan fingerprint density at radius 2 is 1.85 bits per heavy atom. The Labute approximate surface area is 158 Å². The average Bonchev–Trinajstić information content (AvgIpc) is 2.60. The Morgan fingerprint density at radius 3 is 2.69 bits per heavy atom. The zero-order valence-corrected chi connectivity index (χ0v) is 15.7. The van der Waals surface area contributed by atoms with Crippen molar-refractivity contribution in [1.82, 2.24) is 16.0 Å². The van der Waals surface area contributed by atoms with Gasteiger partial charge in [-0.25, -0.2) is 0 Å². The SMILES string of the molecule is O=C1CCCNC(=O)C2CCSCCC=CC(C1)CC(=O)NCC(=O)N2. The lowest BCUT2D eigenvalue weighted by Crippen LogP contribution is -2.50. The summed E-state index contributed by atoms with van der Waals surface area (Å²) in [6.07, 6.45) is 6.78. The standard InChI is InChI=1S/C18H27N3O4S/c22-14-5-3-7-19-18(25)15-6-9-26-8-2-1-4-13(10-14)11-16(23)20-12-17(24)21-15/h1,4,13,15H,2-3,5-12H2,(H,19,25)(H,20,23)(H,21,24). The maximum atomic E-state index is 12.4. The minimum absolute atomic E-state index is 0.0868. The number of hydrogen-bond donors (Lipinski definition) is 3. The molecule has 26 heavy (non-hydrogen) atoms. The Morgan fingerprint density at radius 1 is 1.00 bits per heavy atom. The molecule has 0 aromatic heterocycles. The molecular formula is C18H27N3O4S. The summed E-state index contributed by atoms with van der Waals surface area (Å²) in [5, 5.41) is 8.09. The van der Waals surface area contributed by atoms with Gasteiger partial charge >= 0.3 is 0 Å². The zero-order valence-electron chi connectivity index (χ0n) is 14.9. The minimum atomic E-state index is -0.624. The second-order valence-corrected chi connectivity index (χ2v) is 7.84. The number of amides is 3. The van der Waals surface area contributed by atoms with E-state index in [9.17, 15) is 19.2 Å². The number of Topliss-reactive ketones (excluding diaryl/α,β-unsaturated/α-hetero) is 1. The third-order valence-corrected chi connectivity index (χ3v) is 5.40. The van der Waals surface area contributed by atoms with Gasteiger partial charge in [0.2, 0.25) is 17.7 Å². The van der Waals surface area contributed by atoms with Gasteiger partial charge in [-0.15, -0.1) is 0 Å². The van der Waals surface area contributed by atoms with Crippen LogP contribution in [0.1, 0.15) is 38.5 Å². The van der Waals surface area contributed by atoms with Crippen molar-refractivity contribution in [3.05, 3.63) is 12.2 Å². The number of carbonyl (C=O) groups is 4. The van der Waals surface area contributed by atoms with E-state index in [2.05, 4.69) is 16.0 Å². The summed E-state index contributed by atoms with van der Waals surface area (Å²) in [5.41, 5.74) is 0. The van der Waals surface area contributed by atoms with Crippen LogP contribution in [0.3, 0.4) is 0 Å². The predicted octanol–water partition coefficient (Wildman–Crippen LogP) is 0.546. The number of hydrogen-bond acceptors (Lipinski definition) is 5. The molecule has 2 rings (SSSR count). The summed E-state index contributed by atoms with van der Waals surface area (Å²) in [6.45, 7) is 0.238. The maximum absolute atomic E-state index is 12.4. The summed E-state index contributed by atoms with van der Waals surface area (Å²) in [6, 6.07) is -0.624. The van der Waals surface area contributed by atoms with Crippen molar-refractivity contribution in [1.29, 1.82) is 0 Å². The molecule has 0 radical (unpaired) electrons. The first-order valence-electron chi connectivity index (χ1n) is 9.14. The normalized spacial score (nSPS) is 27.4. The van der Waals surface area contributed by atoms with E-state index in [1.165, 1.54) is 0 Å². The van der Waals surface area contributed by atoms with Crippen molar-refractivity contribution in [2.45, 2.75) is 44.6 Å². The molecule has 1 fully saturated rings. The molecular weight excluding hydrogens is 354 g/mol. The first kappa shape index (κ1) is 20.5. The van der Waals surface area contributed by atoms with Crippen molar-refractivity contribution in [2.24, 2.45) is 5.92 Å². The fourth-order valence-electron chi connectivity index (χ4n) is 2.97. The molecule has 2 bridgehead atoms. The molecule has 144 valence electrons. The van der Waals surface area contributed by atoms with Crippen LogP contribution in [0.4, 0.5) is 0 Å². The zero-order chi connectivity index (χ0) is 18.8. The smallest absolute Gasteiger partial charge is 0.242 e. The van der Waals surface area contributed by atoms with Crippen LogP contribution < -0.4 is 16.0 Å². The quantitative estimate of drug-likeness (QED) is 0.532. The van der Waals surface area contributed by atoms with Crippen molar-refractivity contribution in [3.8, 4) is 0 Å². The van der Waals surface area contributed by atoms with Crippen LogP contribution in [0.25, 0.3) is 0 Å². The Balaban J connectivity index is 2.20. The number of thioether (sulfide) groups is 1. The van der Waals surface area contributed by atoms with Crippen LogP contribution >= 0.6 is 11.8 Å². The van der Waals surface area contributed by atoms with Gasteiger partial charge in [-0.2, -0.15) is 11.8 Å². The second kappa shape index (κ2) is 11.0. The highest BCUT2D eigenvalue weighted by Crippen LogP contribution is 2.15. The van der Waals surface area contributed by atoms with E-state index >= 15 is 0 Å². The van der Waals surface area contributed by atoms with Crippen LogP contribution in [-0.2, 0) is 19.2 Å². The van der Waals surface area contributed by atoms with E-state index in [0.29, 0.717) is 32.2 Å². The fourth-order valence-corrected chi connectivity index (χ4v) is 3.88. The molecule has 1 saturated heterocycles. The van der Waals surface area contributed by atoms with Crippen LogP contribution in [0.15, 0.2) is 12.2 Å². The van der Waals surface area contributed by atoms with Crippen LogP contribution in [0.2, 0.25) is 0 Å². The van der Waals surface area contributed by atoms with Crippen molar-refractivity contribution in [2.75, 3.05) is 24.6 Å². The van der Waals surface area contributed by atoms with E-state index < -0.39 is 6.04 Å². The lowest BCUT2D eigenvalue weighted by molar-refractivity contribution is -0.129. The van der Waals surface area contributed by atoms with E-state index in [4.69, 9.17) is 0 Å². The summed E-state index contributed by atoms with van der Waals surface area (Å²) >= 11 is 1.72. The van der Waals surface area contributed by atoms with Gasteiger partial charge in [0.1, 0.15) is 11.8 Å². The highest BCUT2D eigenvalue weighted by Gasteiger charge is 2.22. The lowest BCUT2D eigenvalue weighted by atomic mass is 9.95. The molecule has 0 aliphatic carbocycles. The molecule has 2 aliphatic heterocycles. The molecule has 2 atom stereocenters. The largest absolute Gasteiger partial charge is 0.354 e. The van der Waals surface area contributed by atoms with E-state index in [1.807, 2.05) is 12.2 Å². The molecule has 3 amide bonds. The highest BCUT2D eigenvalue weighted by molar-refractivity contribution is 7.99. The number of carbonyl (C=O) groups excluding carboxylic acids is 4. The van der Waals surface area contributed by atoms with Gasteiger partial charge in [0.15, 0.2) is 0 Å². The summed E-state index contributed by atoms with van der Waals surface area (Å²) < 4.78 is 0. The Hall–Kier alpha value is -1.83. The van der Waals surface area contributed by atoms with Crippen molar-refractivity contribution < 1.29 is 19.2 Å².